The average Bonchev–Trinajstić information content (AvgIpc) is 2.96. The second-order valence-corrected chi connectivity index (χ2v) is 6.83. The fraction of sp³-hybridized carbons (Fsp3) is 0.312. The first-order chi connectivity index (χ1) is 11.1. The van der Waals surface area contributed by atoms with Gasteiger partial charge in [-0.2, -0.15) is 0 Å². The molecule has 0 spiro atoms. The van der Waals surface area contributed by atoms with E-state index in [2.05, 4.69) is 22.4 Å². The van der Waals surface area contributed by atoms with E-state index in [0.717, 1.165) is 23.4 Å². The second kappa shape index (κ2) is 9.01. The van der Waals surface area contributed by atoms with Crippen LogP contribution in [0.3, 0.4) is 0 Å². The number of hydrogen-bond donors (Lipinski definition) is 1. The van der Waals surface area contributed by atoms with Crippen LogP contribution in [0, 0.1) is 0 Å². The van der Waals surface area contributed by atoms with E-state index in [1.807, 2.05) is 0 Å². The summed E-state index contributed by atoms with van der Waals surface area (Å²) in [6.45, 7) is 2.16. The predicted octanol–water partition coefficient (Wildman–Crippen LogP) is 5.23. The van der Waals surface area contributed by atoms with E-state index in [9.17, 15) is 4.79 Å². The van der Waals surface area contributed by atoms with E-state index in [4.69, 9.17) is 23.2 Å². The standard InChI is InChI=1S/C16H17Cl2N3OS/c1-2-3-4-5-15-20-21-16(23-15)19-14(22)9-7-11-6-8-12(17)13(18)10-11/h6-10H,2-5H2,1H3,(H,19,21,22)/b9-7+. The Balaban J connectivity index is 1.89. The summed E-state index contributed by atoms with van der Waals surface area (Å²) in [5.74, 6) is -0.257. The number of benzene rings is 1. The molecule has 1 aromatic heterocycles. The van der Waals surface area contributed by atoms with Crippen LogP contribution in [0.5, 0.6) is 0 Å². The Labute approximate surface area is 149 Å². The highest BCUT2D eigenvalue weighted by molar-refractivity contribution is 7.15. The summed E-state index contributed by atoms with van der Waals surface area (Å²) in [4.78, 5) is 11.9. The van der Waals surface area contributed by atoms with Crippen LogP contribution in [0.1, 0.15) is 36.8 Å². The number of carbonyl (C=O) groups is 1. The SMILES string of the molecule is CCCCCc1nnc(NC(=O)/C=C/c2ccc(Cl)c(Cl)c2)s1. The van der Waals surface area contributed by atoms with Crippen LogP contribution < -0.4 is 5.32 Å². The number of nitrogens with one attached hydrogen (secondary N) is 1. The lowest BCUT2D eigenvalue weighted by molar-refractivity contribution is -0.111. The molecule has 0 fully saturated rings. The minimum Gasteiger partial charge on any atom is -0.297 e. The zero-order chi connectivity index (χ0) is 16.7. The molecule has 7 heteroatoms. The van der Waals surface area contributed by atoms with Crippen molar-refractivity contribution in [1.82, 2.24) is 10.2 Å². The Morgan fingerprint density at radius 3 is 2.83 bits per heavy atom. The van der Waals surface area contributed by atoms with Gasteiger partial charge in [-0.1, -0.05) is 60.4 Å². The molecule has 4 nitrogen and oxygen atoms in total. The summed E-state index contributed by atoms with van der Waals surface area (Å²) >= 11 is 13.2. The largest absolute Gasteiger partial charge is 0.297 e. The molecule has 0 aliphatic rings. The molecule has 2 aromatic rings. The predicted molar refractivity (Wildman–Crippen MR) is 97.3 cm³/mol. The van der Waals surface area contributed by atoms with Crippen molar-refractivity contribution in [3.8, 4) is 0 Å². The highest BCUT2D eigenvalue weighted by atomic mass is 35.5. The van der Waals surface area contributed by atoms with Gasteiger partial charge in [-0.05, 0) is 30.2 Å². The number of hydrogen-bond acceptors (Lipinski definition) is 4. The Morgan fingerprint density at radius 1 is 1.26 bits per heavy atom. The smallest absolute Gasteiger partial charge is 0.250 e. The lowest BCUT2D eigenvalue weighted by atomic mass is 10.2. The molecule has 2 rings (SSSR count). The summed E-state index contributed by atoms with van der Waals surface area (Å²) in [5, 5.41) is 13.2. The fourth-order valence-electron chi connectivity index (χ4n) is 1.87. The molecule has 23 heavy (non-hydrogen) atoms. The third kappa shape index (κ3) is 5.94. The van der Waals surface area contributed by atoms with E-state index >= 15 is 0 Å². The third-order valence-corrected chi connectivity index (χ3v) is 4.70. The maximum absolute atomic E-state index is 11.9. The number of carbonyl (C=O) groups excluding carboxylic acids is 1. The van der Waals surface area contributed by atoms with Crippen molar-refractivity contribution >= 4 is 51.7 Å². The van der Waals surface area contributed by atoms with Crippen molar-refractivity contribution in [1.29, 1.82) is 0 Å². The Bertz CT molecular complexity index is 700. The quantitative estimate of drug-likeness (QED) is 0.536. The number of amides is 1. The van der Waals surface area contributed by atoms with Crippen LogP contribution in [0.2, 0.25) is 10.0 Å². The molecule has 0 aliphatic carbocycles. The van der Waals surface area contributed by atoms with E-state index in [0.29, 0.717) is 15.2 Å². The van der Waals surface area contributed by atoms with Gasteiger partial charge in [0.15, 0.2) is 0 Å². The van der Waals surface area contributed by atoms with Gasteiger partial charge in [-0.25, -0.2) is 0 Å². The van der Waals surface area contributed by atoms with Crippen molar-refractivity contribution in [2.75, 3.05) is 5.32 Å². The van der Waals surface area contributed by atoms with Gasteiger partial charge in [-0.15, -0.1) is 10.2 Å². The number of aryl methyl sites for hydroxylation is 1. The molecule has 1 heterocycles. The summed E-state index contributed by atoms with van der Waals surface area (Å²) in [6.07, 6.45) is 7.44. The zero-order valence-electron chi connectivity index (χ0n) is 12.7. The maximum atomic E-state index is 11.9. The molecule has 0 saturated heterocycles. The number of halogens is 2. The Kier molecular flexibility index (Phi) is 7.02. The van der Waals surface area contributed by atoms with Gasteiger partial charge in [0.1, 0.15) is 5.01 Å². The van der Waals surface area contributed by atoms with Crippen molar-refractivity contribution in [2.24, 2.45) is 0 Å². The van der Waals surface area contributed by atoms with Gasteiger partial charge in [0.05, 0.1) is 10.0 Å². The molecule has 0 bridgehead atoms. The Morgan fingerprint density at radius 2 is 2.09 bits per heavy atom. The van der Waals surface area contributed by atoms with Crippen LogP contribution in [0.15, 0.2) is 24.3 Å². The molecule has 1 amide bonds. The van der Waals surface area contributed by atoms with Gasteiger partial charge in [0, 0.05) is 12.5 Å². The molecule has 1 aromatic carbocycles. The highest BCUT2D eigenvalue weighted by Gasteiger charge is 2.06. The number of rotatable bonds is 7. The average molecular weight is 370 g/mol. The second-order valence-electron chi connectivity index (χ2n) is 4.95. The molecule has 0 aliphatic heterocycles. The van der Waals surface area contributed by atoms with Crippen LogP contribution in [-0.4, -0.2) is 16.1 Å². The van der Waals surface area contributed by atoms with Crippen LogP contribution in [0.25, 0.3) is 6.08 Å². The Hall–Kier alpha value is -1.43. The molecule has 0 atom stereocenters. The molecule has 0 radical (unpaired) electrons. The summed E-state index contributed by atoms with van der Waals surface area (Å²) in [7, 11) is 0. The molecule has 0 unspecified atom stereocenters. The monoisotopic (exact) mass is 369 g/mol. The van der Waals surface area contributed by atoms with E-state index in [-0.39, 0.29) is 5.91 Å². The lowest BCUT2D eigenvalue weighted by Gasteiger charge is -1.98. The maximum Gasteiger partial charge on any atom is 0.250 e. The zero-order valence-corrected chi connectivity index (χ0v) is 15.0. The van der Waals surface area contributed by atoms with Crippen LogP contribution in [0.4, 0.5) is 5.13 Å². The van der Waals surface area contributed by atoms with Gasteiger partial charge >= 0.3 is 0 Å². The van der Waals surface area contributed by atoms with Crippen molar-refractivity contribution in [3.05, 3.63) is 44.9 Å². The van der Waals surface area contributed by atoms with Gasteiger partial charge in [0.25, 0.3) is 0 Å². The number of anilines is 1. The van der Waals surface area contributed by atoms with Crippen LogP contribution in [-0.2, 0) is 11.2 Å². The normalized spacial score (nSPS) is 11.1. The molecular formula is C16H17Cl2N3OS. The molecular weight excluding hydrogens is 353 g/mol. The molecule has 1 N–H and O–H groups in total. The summed E-state index contributed by atoms with van der Waals surface area (Å²) in [5.41, 5.74) is 0.798. The van der Waals surface area contributed by atoms with Crippen LogP contribution >= 0.6 is 34.5 Å². The summed E-state index contributed by atoms with van der Waals surface area (Å²) < 4.78 is 0. The van der Waals surface area contributed by atoms with Crippen molar-refractivity contribution < 1.29 is 4.79 Å². The van der Waals surface area contributed by atoms with Gasteiger partial charge < -0.3 is 0 Å². The molecule has 0 saturated carbocycles. The van der Waals surface area contributed by atoms with E-state index in [1.165, 1.54) is 30.3 Å². The van der Waals surface area contributed by atoms with Crippen molar-refractivity contribution in [2.45, 2.75) is 32.6 Å². The van der Waals surface area contributed by atoms with E-state index in [1.54, 1.807) is 24.3 Å². The highest BCUT2D eigenvalue weighted by Crippen LogP contribution is 2.23. The van der Waals surface area contributed by atoms with Crippen molar-refractivity contribution in [3.63, 3.8) is 0 Å². The third-order valence-electron chi connectivity index (χ3n) is 3.06. The first-order valence-electron chi connectivity index (χ1n) is 7.35. The molecule has 122 valence electrons. The minimum absolute atomic E-state index is 0.257. The minimum atomic E-state index is -0.257. The van der Waals surface area contributed by atoms with Gasteiger partial charge in [-0.3, -0.25) is 10.1 Å². The number of nitrogens with zero attached hydrogens (tertiary/aromatic N) is 2. The lowest BCUT2D eigenvalue weighted by Crippen LogP contribution is -2.07. The first kappa shape index (κ1) is 17.9. The topological polar surface area (TPSA) is 54.9 Å². The summed E-state index contributed by atoms with van der Waals surface area (Å²) in [6, 6.07) is 5.17. The first-order valence-corrected chi connectivity index (χ1v) is 8.92. The fourth-order valence-corrected chi connectivity index (χ4v) is 2.96. The van der Waals surface area contributed by atoms with Gasteiger partial charge in [0.2, 0.25) is 11.0 Å². The number of aromatic nitrogens is 2. The number of unbranched alkanes of at least 4 members (excludes halogenated alkanes) is 2. The van der Waals surface area contributed by atoms with E-state index < -0.39 is 0 Å².